The molecule has 0 heterocycles. The first-order valence-corrected chi connectivity index (χ1v) is 4.32. The molecule has 0 aliphatic heterocycles. The predicted octanol–water partition coefficient (Wildman–Crippen LogP) is 0.418. The van der Waals surface area contributed by atoms with Crippen molar-refractivity contribution in [1.29, 1.82) is 0 Å². The van der Waals surface area contributed by atoms with Gasteiger partial charge in [-0.15, -0.1) is 0 Å². The maximum atomic E-state index is 8.91. The molecule has 0 amide bonds. The van der Waals surface area contributed by atoms with Gasteiger partial charge >= 0.3 is 7.12 Å². The number of benzene rings is 1. The van der Waals surface area contributed by atoms with Gasteiger partial charge in [-0.25, -0.2) is 0 Å². The maximum Gasteiger partial charge on any atom is 0.490 e. The van der Waals surface area contributed by atoms with E-state index in [2.05, 4.69) is 0 Å². The average Bonchev–Trinajstić information content (AvgIpc) is 2.08. The van der Waals surface area contributed by atoms with Crippen LogP contribution >= 0.6 is 11.6 Å². The Labute approximate surface area is 82.1 Å². The second-order valence-corrected chi connectivity index (χ2v) is 2.84. The van der Waals surface area contributed by atoms with Crippen molar-refractivity contribution < 1.29 is 14.8 Å². The topological polar surface area (TPSA) is 49.7 Å². The van der Waals surface area contributed by atoms with E-state index in [1.165, 1.54) is 6.07 Å². The summed E-state index contributed by atoms with van der Waals surface area (Å²) in [6.07, 6.45) is 0. The van der Waals surface area contributed by atoms with E-state index in [4.69, 9.17) is 26.4 Å². The van der Waals surface area contributed by atoms with Crippen LogP contribution in [0, 0.1) is 0 Å². The zero-order chi connectivity index (χ0) is 9.84. The highest BCUT2D eigenvalue weighted by atomic mass is 35.5. The molecule has 2 N–H and O–H groups in total. The Morgan fingerprint density at radius 3 is 2.69 bits per heavy atom. The molecule has 1 aromatic carbocycles. The van der Waals surface area contributed by atoms with E-state index in [-0.39, 0.29) is 10.5 Å². The Morgan fingerprint density at radius 2 is 2.15 bits per heavy atom. The van der Waals surface area contributed by atoms with Gasteiger partial charge in [0.05, 0.1) is 11.6 Å². The average molecular weight is 200 g/mol. The van der Waals surface area contributed by atoms with Crippen LogP contribution in [0.5, 0.6) is 5.75 Å². The summed E-state index contributed by atoms with van der Waals surface area (Å²) in [5.74, 6) is 0.467. The van der Waals surface area contributed by atoms with E-state index in [0.717, 1.165) is 0 Å². The second-order valence-electron chi connectivity index (χ2n) is 2.47. The highest BCUT2D eigenvalue weighted by molar-refractivity contribution is 6.63. The lowest BCUT2D eigenvalue weighted by Gasteiger charge is -2.08. The molecule has 0 saturated carbocycles. The Kier molecular flexibility index (Phi) is 3.60. The zero-order valence-corrected chi connectivity index (χ0v) is 7.95. The molecule has 0 aliphatic carbocycles. The van der Waals surface area contributed by atoms with E-state index in [1.54, 1.807) is 12.1 Å². The summed E-state index contributed by atoms with van der Waals surface area (Å²) in [5.41, 5.74) is 0.257. The van der Waals surface area contributed by atoms with Gasteiger partial charge in [0.2, 0.25) is 0 Å². The third kappa shape index (κ3) is 2.37. The van der Waals surface area contributed by atoms with Crippen molar-refractivity contribution in [1.82, 2.24) is 0 Å². The molecule has 70 valence electrons. The number of halogens is 1. The Balaban J connectivity index is 3.03. The highest BCUT2D eigenvalue weighted by Gasteiger charge is 2.17. The fourth-order valence-corrected chi connectivity index (χ4v) is 1.27. The number of rotatable bonds is 3. The Morgan fingerprint density at radius 1 is 1.46 bits per heavy atom. The quantitative estimate of drug-likeness (QED) is 0.695. The first kappa shape index (κ1) is 10.4. The molecule has 3 nitrogen and oxygen atoms in total. The van der Waals surface area contributed by atoms with Gasteiger partial charge in [0.25, 0.3) is 0 Å². The van der Waals surface area contributed by atoms with Crippen molar-refractivity contribution in [3.8, 4) is 5.75 Å². The monoisotopic (exact) mass is 200 g/mol. The largest absolute Gasteiger partial charge is 0.492 e. The SMILES string of the molecule is CCOc1cccc(B(O)O)c1Cl. The van der Waals surface area contributed by atoms with Gasteiger partial charge in [-0.05, 0) is 13.0 Å². The van der Waals surface area contributed by atoms with E-state index in [0.29, 0.717) is 12.4 Å². The summed E-state index contributed by atoms with van der Waals surface area (Å²) < 4.78 is 5.17. The molecule has 0 aromatic heterocycles. The molecule has 0 atom stereocenters. The van der Waals surface area contributed by atoms with Crippen molar-refractivity contribution in [2.75, 3.05) is 6.61 Å². The zero-order valence-electron chi connectivity index (χ0n) is 7.20. The van der Waals surface area contributed by atoms with Gasteiger partial charge in [0.15, 0.2) is 0 Å². The van der Waals surface area contributed by atoms with Crippen LogP contribution in [0.2, 0.25) is 5.02 Å². The molecule has 13 heavy (non-hydrogen) atoms. The van der Waals surface area contributed by atoms with E-state index < -0.39 is 7.12 Å². The van der Waals surface area contributed by atoms with Crippen molar-refractivity contribution in [2.24, 2.45) is 0 Å². The van der Waals surface area contributed by atoms with E-state index in [9.17, 15) is 0 Å². The standard InChI is InChI=1S/C8H10BClO3/c1-2-13-7-5-3-4-6(8(7)10)9(11)12/h3-5,11-12H,2H2,1H3. The fraction of sp³-hybridized carbons (Fsp3) is 0.250. The minimum Gasteiger partial charge on any atom is -0.492 e. The molecule has 0 saturated heterocycles. The predicted molar refractivity (Wildman–Crippen MR) is 52.4 cm³/mol. The highest BCUT2D eigenvalue weighted by Crippen LogP contribution is 2.21. The van der Waals surface area contributed by atoms with Crippen LogP contribution in [-0.4, -0.2) is 23.8 Å². The minimum atomic E-state index is -1.56. The van der Waals surface area contributed by atoms with Crippen molar-refractivity contribution in [3.63, 3.8) is 0 Å². The number of hydrogen-bond acceptors (Lipinski definition) is 3. The molecule has 0 fully saturated rings. The molecule has 1 rings (SSSR count). The second kappa shape index (κ2) is 4.51. The molecule has 5 heteroatoms. The summed E-state index contributed by atoms with van der Waals surface area (Å²) in [4.78, 5) is 0. The molecule has 0 radical (unpaired) electrons. The maximum absolute atomic E-state index is 8.91. The van der Waals surface area contributed by atoms with Gasteiger partial charge in [0, 0.05) is 5.46 Å². The third-order valence-electron chi connectivity index (χ3n) is 1.57. The summed E-state index contributed by atoms with van der Waals surface area (Å²) in [5, 5.41) is 18.1. The summed E-state index contributed by atoms with van der Waals surface area (Å²) in [7, 11) is -1.56. The van der Waals surface area contributed by atoms with Crippen LogP contribution in [-0.2, 0) is 0 Å². The van der Waals surface area contributed by atoms with Gasteiger partial charge in [-0.2, -0.15) is 0 Å². The number of hydrogen-bond donors (Lipinski definition) is 2. The van der Waals surface area contributed by atoms with Crippen LogP contribution in [0.1, 0.15) is 6.92 Å². The van der Waals surface area contributed by atoms with E-state index >= 15 is 0 Å². The van der Waals surface area contributed by atoms with Crippen LogP contribution in [0.3, 0.4) is 0 Å². The molecule has 0 bridgehead atoms. The lowest BCUT2D eigenvalue weighted by atomic mass is 9.80. The van der Waals surface area contributed by atoms with Gasteiger partial charge < -0.3 is 14.8 Å². The van der Waals surface area contributed by atoms with Gasteiger partial charge in [-0.3, -0.25) is 0 Å². The van der Waals surface area contributed by atoms with Crippen molar-refractivity contribution in [3.05, 3.63) is 23.2 Å². The molecule has 0 aliphatic rings. The minimum absolute atomic E-state index is 0.249. The van der Waals surface area contributed by atoms with Crippen LogP contribution in [0.15, 0.2) is 18.2 Å². The molecular weight excluding hydrogens is 190 g/mol. The molecule has 0 spiro atoms. The van der Waals surface area contributed by atoms with Crippen LogP contribution < -0.4 is 10.2 Å². The number of ether oxygens (including phenoxy) is 1. The summed E-state index contributed by atoms with van der Waals surface area (Å²) >= 11 is 5.84. The third-order valence-corrected chi connectivity index (χ3v) is 1.98. The molecule has 0 unspecified atom stereocenters. The molecular formula is C8H10BClO3. The van der Waals surface area contributed by atoms with E-state index in [1.807, 2.05) is 6.92 Å². The lowest BCUT2D eigenvalue weighted by Crippen LogP contribution is -2.30. The first-order valence-electron chi connectivity index (χ1n) is 3.94. The van der Waals surface area contributed by atoms with Gasteiger partial charge in [-0.1, -0.05) is 23.7 Å². The van der Waals surface area contributed by atoms with Crippen LogP contribution in [0.4, 0.5) is 0 Å². The summed E-state index contributed by atoms with van der Waals surface area (Å²) in [6.45, 7) is 2.32. The van der Waals surface area contributed by atoms with Crippen molar-refractivity contribution in [2.45, 2.75) is 6.92 Å². The normalized spacial score (nSPS) is 9.85. The molecule has 1 aromatic rings. The Hall–Kier alpha value is -0.705. The van der Waals surface area contributed by atoms with Gasteiger partial charge in [0.1, 0.15) is 5.75 Å². The first-order chi connectivity index (χ1) is 6.16. The lowest BCUT2D eigenvalue weighted by molar-refractivity contribution is 0.340. The fourth-order valence-electron chi connectivity index (χ4n) is 0.994. The smallest absolute Gasteiger partial charge is 0.490 e. The van der Waals surface area contributed by atoms with Crippen LogP contribution in [0.25, 0.3) is 0 Å². The Bertz CT molecular complexity index is 291. The van der Waals surface area contributed by atoms with Crippen molar-refractivity contribution >= 4 is 24.2 Å². The summed E-state index contributed by atoms with van der Waals surface area (Å²) in [6, 6.07) is 4.87.